The van der Waals surface area contributed by atoms with E-state index in [-0.39, 0.29) is 21.4 Å². The molecule has 0 unspecified atom stereocenters. The normalized spacial score (nSPS) is 13.6. The van der Waals surface area contributed by atoms with Gasteiger partial charge in [0.25, 0.3) is 0 Å². The lowest BCUT2D eigenvalue weighted by atomic mass is 10.3. The maximum Gasteiger partial charge on any atom is 0.240 e. The second kappa shape index (κ2) is 7.65. The van der Waals surface area contributed by atoms with Crippen LogP contribution >= 0.6 is 27.3 Å². The van der Waals surface area contributed by atoms with Gasteiger partial charge >= 0.3 is 0 Å². The maximum atomic E-state index is 12.9. The average Bonchev–Trinajstić information content (AvgIpc) is 3.29. The van der Waals surface area contributed by atoms with E-state index in [1.165, 1.54) is 30.5 Å². The number of benzene rings is 1. The third kappa shape index (κ3) is 4.09. The summed E-state index contributed by atoms with van der Waals surface area (Å²) < 4.78 is 59.3. The summed E-state index contributed by atoms with van der Waals surface area (Å²) in [5.41, 5.74) is 0. The van der Waals surface area contributed by atoms with Crippen molar-refractivity contribution in [1.29, 1.82) is 0 Å². The largest absolute Gasteiger partial charge is 0.468 e. The van der Waals surface area contributed by atoms with Gasteiger partial charge in [0.15, 0.2) is 9.84 Å². The Balaban J connectivity index is 1.89. The Morgan fingerprint density at radius 1 is 1.04 bits per heavy atom. The van der Waals surface area contributed by atoms with Crippen molar-refractivity contribution < 1.29 is 21.3 Å². The summed E-state index contributed by atoms with van der Waals surface area (Å²) >= 11 is 4.32. The van der Waals surface area contributed by atoms with Crippen LogP contribution in [-0.2, 0) is 19.9 Å². The van der Waals surface area contributed by atoms with Gasteiger partial charge in [0.05, 0.1) is 11.2 Å². The molecule has 1 N–H and O–H groups in total. The van der Waals surface area contributed by atoms with Gasteiger partial charge in [0.1, 0.15) is 15.2 Å². The number of nitrogens with one attached hydrogen (secondary N) is 1. The van der Waals surface area contributed by atoms with Crippen LogP contribution in [0.15, 0.2) is 78.2 Å². The van der Waals surface area contributed by atoms with Crippen LogP contribution in [0.3, 0.4) is 0 Å². The van der Waals surface area contributed by atoms with E-state index in [9.17, 15) is 16.8 Å². The molecule has 0 saturated carbocycles. The third-order valence-corrected chi connectivity index (χ3v) is 9.05. The molecule has 0 fully saturated rings. The van der Waals surface area contributed by atoms with Crippen molar-refractivity contribution in [3.63, 3.8) is 0 Å². The minimum atomic E-state index is -3.87. The van der Waals surface area contributed by atoms with Crippen molar-refractivity contribution >= 4 is 47.1 Å². The molecule has 0 aliphatic carbocycles. The lowest BCUT2D eigenvalue weighted by Crippen LogP contribution is -2.31. The summed E-state index contributed by atoms with van der Waals surface area (Å²) in [5, 5.41) is 0.485. The molecule has 0 radical (unpaired) electrons. The number of halogens is 1. The molecule has 26 heavy (non-hydrogen) atoms. The molecule has 0 spiro atoms. The standard InChI is InChI=1S/C16H14BrNO5S3/c17-12-5-7-13(8-6-12)26(21,22)18-11-15(14-3-1-9-23-14)25(19,20)16-4-2-10-24-16/h1-10,15,18H,11H2/t15-/m0/s1. The Hall–Kier alpha value is -1.46. The zero-order valence-corrected chi connectivity index (χ0v) is 17.2. The predicted octanol–water partition coefficient (Wildman–Crippen LogP) is 3.60. The quantitative estimate of drug-likeness (QED) is 0.563. The second-order valence-corrected chi connectivity index (χ2v) is 11.3. The van der Waals surface area contributed by atoms with Gasteiger partial charge in [-0.15, -0.1) is 11.3 Å². The monoisotopic (exact) mass is 475 g/mol. The highest BCUT2D eigenvalue weighted by Crippen LogP contribution is 2.31. The fourth-order valence-electron chi connectivity index (χ4n) is 2.29. The highest BCUT2D eigenvalue weighted by Gasteiger charge is 2.33. The number of rotatable bonds is 7. The fraction of sp³-hybridized carbons (Fsp3) is 0.125. The number of hydrogen-bond acceptors (Lipinski definition) is 6. The van der Waals surface area contributed by atoms with E-state index in [2.05, 4.69) is 20.7 Å². The summed E-state index contributed by atoms with van der Waals surface area (Å²) in [7, 11) is -7.67. The van der Waals surface area contributed by atoms with Crippen molar-refractivity contribution in [2.45, 2.75) is 14.4 Å². The number of sulfonamides is 1. The van der Waals surface area contributed by atoms with Gasteiger partial charge in [-0.3, -0.25) is 0 Å². The van der Waals surface area contributed by atoms with Gasteiger partial charge in [-0.2, -0.15) is 0 Å². The number of sulfone groups is 1. The molecular formula is C16H14BrNO5S3. The van der Waals surface area contributed by atoms with E-state index in [0.29, 0.717) is 0 Å². The topological polar surface area (TPSA) is 93.4 Å². The molecular weight excluding hydrogens is 462 g/mol. The molecule has 0 aliphatic rings. The van der Waals surface area contributed by atoms with Crippen LogP contribution in [0, 0.1) is 0 Å². The zero-order chi connectivity index (χ0) is 18.8. The van der Waals surface area contributed by atoms with Crippen LogP contribution in [0.4, 0.5) is 0 Å². The van der Waals surface area contributed by atoms with E-state index in [1.54, 1.807) is 29.6 Å². The lowest BCUT2D eigenvalue weighted by molar-refractivity contribution is 0.487. The maximum absolute atomic E-state index is 12.9. The van der Waals surface area contributed by atoms with Crippen LogP contribution in [0.5, 0.6) is 0 Å². The molecule has 10 heteroatoms. The van der Waals surface area contributed by atoms with E-state index in [4.69, 9.17) is 4.42 Å². The molecule has 138 valence electrons. The SMILES string of the molecule is O=S(=O)(NC[C@@H](c1ccco1)S(=O)(=O)c1cccs1)c1ccc(Br)cc1. The zero-order valence-electron chi connectivity index (χ0n) is 13.2. The minimum absolute atomic E-state index is 0.0485. The van der Waals surface area contributed by atoms with Gasteiger partial charge in [0.2, 0.25) is 10.0 Å². The fourth-order valence-corrected chi connectivity index (χ4v) is 6.49. The van der Waals surface area contributed by atoms with Gasteiger partial charge in [0, 0.05) is 11.0 Å². The first-order valence-corrected chi connectivity index (χ1v) is 12.1. The van der Waals surface area contributed by atoms with Gasteiger partial charge in [-0.05, 0) is 47.8 Å². The molecule has 2 heterocycles. The third-order valence-electron chi connectivity index (χ3n) is 3.59. The van der Waals surface area contributed by atoms with E-state index < -0.39 is 25.1 Å². The molecule has 3 rings (SSSR count). The molecule has 2 aromatic heterocycles. The summed E-state index contributed by atoms with van der Waals surface area (Å²) in [4.78, 5) is 0.0485. The molecule has 1 aromatic carbocycles. The number of hydrogen-bond donors (Lipinski definition) is 1. The summed E-state index contributed by atoms with van der Waals surface area (Å²) in [5.74, 6) is 0.178. The van der Waals surface area contributed by atoms with E-state index >= 15 is 0 Å². The first-order chi connectivity index (χ1) is 12.3. The van der Waals surface area contributed by atoms with Crippen LogP contribution in [0.1, 0.15) is 11.0 Å². The molecule has 0 saturated heterocycles. The van der Waals surface area contributed by atoms with Crippen LogP contribution in [0.25, 0.3) is 0 Å². The molecule has 1 atom stereocenters. The Kier molecular flexibility index (Phi) is 5.68. The molecule has 0 aliphatic heterocycles. The van der Waals surface area contributed by atoms with E-state index in [0.717, 1.165) is 15.8 Å². The Labute approximate surface area is 164 Å². The highest BCUT2D eigenvalue weighted by atomic mass is 79.9. The van der Waals surface area contributed by atoms with E-state index in [1.807, 2.05) is 0 Å². The van der Waals surface area contributed by atoms with Gasteiger partial charge < -0.3 is 4.42 Å². The summed E-state index contributed by atoms with van der Waals surface area (Å²) in [6.07, 6.45) is 1.36. The summed E-state index contributed by atoms with van der Waals surface area (Å²) in [6, 6.07) is 12.3. The Morgan fingerprint density at radius 3 is 2.35 bits per heavy atom. The Morgan fingerprint density at radius 2 is 1.77 bits per heavy atom. The number of thiophene rings is 1. The molecule has 0 bridgehead atoms. The average molecular weight is 476 g/mol. The van der Waals surface area contributed by atoms with Crippen molar-refractivity contribution in [3.05, 3.63) is 70.4 Å². The minimum Gasteiger partial charge on any atom is -0.468 e. The lowest BCUT2D eigenvalue weighted by Gasteiger charge is -2.16. The second-order valence-electron chi connectivity index (χ2n) is 5.29. The van der Waals surface area contributed by atoms with Crippen molar-refractivity contribution in [2.75, 3.05) is 6.54 Å². The summed E-state index contributed by atoms with van der Waals surface area (Å²) in [6.45, 7) is -0.341. The predicted molar refractivity (Wildman–Crippen MR) is 102 cm³/mol. The molecule has 3 aromatic rings. The van der Waals surface area contributed by atoms with Crippen molar-refractivity contribution in [1.82, 2.24) is 4.72 Å². The first-order valence-electron chi connectivity index (χ1n) is 7.37. The smallest absolute Gasteiger partial charge is 0.240 e. The molecule has 0 amide bonds. The highest BCUT2D eigenvalue weighted by molar-refractivity contribution is 9.10. The first kappa shape index (κ1) is 19.3. The van der Waals surface area contributed by atoms with Crippen LogP contribution < -0.4 is 4.72 Å². The van der Waals surface area contributed by atoms with Gasteiger partial charge in [-0.1, -0.05) is 22.0 Å². The Bertz CT molecular complexity index is 1060. The van der Waals surface area contributed by atoms with Crippen molar-refractivity contribution in [2.24, 2.45) is 0 Å². The number of furan rings is 1. The van der Waals surface area contributed by atoms with Crippen LogP contribution in [0.2, 0.25) is 0 Å². The molecule has 6 nitrogen and oxygen atoms in total. The van der Waals surface area contributed by atoms with Crippen LogP contribution in [-0.4, -0.2) is 23.4 Å². The van der Waals surface area contributed by atoms with Crippen molar-refractivity contribution in [3.8, 4) is 0 Å². The van der Waals surface area contributed by atoms with Gasteiger partial charge in [-0.25, -0.2) is 21.6 Å².